The van der Waals surface area contributed by atoms with Gasteiger partial charge in [0.05, 0.1) is 5.25 Å². The van der Waals surface area contributed by atoms with Crippen LogP contribution in [0, 0.1) is 6.92 Å². The summed E-state index contributed by atoms with van der Waals surface area (Å²) in [5.41, 5.74) is 8.23. The molecule has 1 aliphatic rings. The number of thioether (sulfide) groups is 1. The van der Waals surface area contributed by atoms with E-state index in [0.29, 0.717) is 17.0 Å². The zero-order valence-corrected chi connectivity index (χ0v) is 11.7. The lowest BCUT2D eigenvalue weighted by atomic mass is 10.0. The highest BCUT2D eigenvalue weighted by Crippen LogP contribution is 2.37. The first kappa shape index (κ1) is 12.7. The molecule has 1 saturated heterocycles. The number of nitrogens with two attached hydrogens (primary N) is 1. The van der Waals surface area contributed by atoms with E-state index in [1.807, 2.05) is 18.7 Å². The molecule has 3 nitrogen and oxygen atoms in total. The Morgan fingerprint density at radius 1 is 1.29 bits per heavy atom. The van der Waals surface area contributed by atoms with Crippen molar-refractivity contribution in [1.29, 1.82) is 0 Å². The SMILES string of the molecule is Cc1nc(C2CCCCS2)nc(N)c1C(C)C. The zero-order chi connectivity index (χ0) is 12.4. The fourth-order valence-corrected chi connectivity index (χ4v) is 3.67. The number of hydrogen-bond donors (Lipinski definition) is 1. The third-order valence-electron chi connectivity index (χ3n) is 3.23. The highest BCUT2D eigenvalue weighted by atomic mass is 32.2. The van der Waals surface area contributed by atoms with Crippen LogP contribution in [-0.4, -0.2) is 15.7 Å². The van der Waals surface area contributed by atoms with Gasteiger partial charge >= 0.3 is 0 Å². The topological polar surface area (TPSA) is 51.8 Å². The fourth-order valence-electron chi connectivity index (χ4n) is 2.43. The van der Waals surface area contributed by atoms with E-state index in [1.165, 1.54) is 25.0 Å². The second-order valence-electron chi connectivity index (χ2n) is 4.98. The molecule has 0 saturated carbocycles. The van der Waals surface area contributed by atoms with Crippen molar-refractivity contribution in [2.75, 3.05) is 11.5 Å². The lowest BCUT2D eigenvalue weighted by molar-refractivity contribution is 0.658. The molecule has 2 heterocycles. The smallest absolute Gasteiger partial charge is 0.143 e. The molecule has 1 fully saturated rings. The largest absolute Gasteiger partial charge is 0.383 e. The van der Waals surface area contributed by atoms with Gasteiger partial charge in [0.15, 0.2) is 0 Å². The van der Waals surface area contributed by atoms with Gasteiger partial charge in [0.1, 0.15) is 11.6 Å². The third kappa shape index (κ3) is 2.73. The van der Waals surface area contributed by atoms with Crippen molar-refractivity contribution in [2.45, 2.75) is 51.2 Å². The van der Waals surface area contributed by atoms with Gasteiger partial charge in [0.25, 0.3) is 0 Å². The van der Waals surface area contributed by atoms with Crippen molar-refractivity contribution >= 4 is 17.6 Å². The highest BCUT2D eigenvalue weighted by Gasteiger charge is 2.21. The van der Waals surface area contributed by atoms with Gasteiger partial charge in [-0.15, -0.1) is 0 Å². The van der Waals surface area contributed by atoms with Gasteiger partial charge in [-0.25, -0.2) is 9.97 Å². The average molecular weight is 251 g/mol. The molecule has 1 aromatic heterocycles. The maximum Gasteiger partial charge on any atom is 0.143 e. The van der Waals surface area contributed by atoms with Crippen LogP contribution in [0.1, 0.15) is 61.4 Å². The maximum atomic E-state index is 6.07. The normalized spacial score (nSPS) is 20.8. The van der Waals surface area contributed by atoms with Gasteiger partial charge in [-0.05, 0) is 31.4 Å². The monoisotopic (exact) mass is 251 g/mol. The molecule has 0 radical (unpaired) electrons. The second kappa shape index (κ2) is 5.25. The van der Waals surface area contributed by atoms with E-state index in [9.17, 15) is 0 Å². The average Bonchev–Trinajstić information content (AvgIpc) is 2.28. The first-order valence-electron chi connectivity index (χ1n) is 6.35. The summed E-state index contributed by atoms with van der Waals surface area (Å²) in [6.45, 7) is 6.32. The molecule has 0 bridgehead atoms. The Bertz CT molecular complexity index is 375. The van der Waals surface area contributed by atoms with E-state index >= 15 is 0 Å². The van der Waals surface area contributed by atoms with Crippen LogP contribution in [0.5, 0.6) is 0 Å². The first-order valence-corrected chi connectivity index (χ1v) is 7.40. The van der Waals surface area contributed by atoms with Crippen LogP contribution < -0.4 is 5.73 Å². The van der Waals surface area contributed by atoms with Crippen molar-refractivity contribution < 1.29 is 0 Å². The molecule has 17 heavy (non-hydrogen) atoms. The molecule has 0 amide bonds. The minimum atomic E-state index is 0.392. The van der Waals surface area contributed by atoms with Crippen molar-refractivity contribution in [3.63, 3.8) is 0 Å². The molecule has 0 aromatic carbocycles. The minimum Gasteiger partial charge on any atom is -0.383 e. The van der Waals surface area contributed by atoms with Gasteiger partial charge in [0.2, 0.25) is 0 Å². The minimum absolute atomic E-state index is 0.392. The number of hydrogen-bond acceptors (Lipinski definition) is 4. The van der Waals surface area contributed by atoms with E-state index in [4.69, 9.17) is 5.73 Å². The van der Waals surface area contributed by atoms with Crippen LogP contribution in [0.2, 0.25) is 0 Å². The molecule has 1 aromatic rings. The fraction of sp³-hybridized carbons (Fsp3) is 0.692. The first-order chi connectivity index (χ1) is 8.09. The molecule has 2 rings (SSSR count). The summed E-state index contributed by atoms with van der Waals surface area (Å²) in [4.78, 5) is 9.19. The molecule has 4 heteroatoms. The summed E-state index contributed by atoms with van der Waals surface area (Å²) in [5.74, 6) is 3.23. The number of aryl methyl sites for hydroxylation is 1. The summed E-state index contributed by atoms with van der Waals surface area (Å²) in [5, 5.41) is 0.450. The number of aromatic nitrogens is 2. The summed E-state index contributed by atoms with van der Waals surface area (Å²) in [6.07, 6.45) is 3.79. The van der Waals surface area contributed by atoms with E-state index < -0.39 is 0 Å². The summed E-state index contributed by atoms with van der Waals surface area (Å²) >= 11 is 1.97. The molecule has 0 spiro atoms. The zero-order valence-electron chi connectivity index (χ0n) is 10.9. The number of nitrogens with zero attached hydrogens (tertiary/aromatic N) is 2. The van der Waals surface area contributed by atoms with Crippen molar-refractivity contribution in [3.05, 3.63) is 17.1 Å². The van der Waals surface area contributed by atoms with Crippen LogP contribution in [0.4, 0.5) is 5.82 Å². The van der Waals surface area contributed by atoms with E-state index in [2.05, 4.69) is 23.8 Å². The van der Waals surface area contributed by atoms with Gasteiger partial charge in [0, 0.05) is 11.3 Å². The van der Waals surface area contributed by atoms with Crippen molar-refractivity contribution in [2.24, 2.45) is 0 Å². The molecule has 1 unspecified atom stereocenters. The number of nitrogen functional groups attached to an aromatic ring is 1. The maximum absolute atomic E-state index is 6.07. The standard InChI is InChI=1S/C13H21N3S/c1-8(2)11-9(3)15-13(16-12(11)14)10-6-4-5-7-17-10/h8,10H,4-7H2,1-3H3,(H2,14,15,16). The summed E-state index contributed by atoms with van der Waals surface area (Å²) in [6, 6.07) is 0. The predicted molar refractivity (Wildman–Crippen MR) is 74.3 cm³/mol. The van der Waals surface area contributed by atoms with Gasteiger partial charge in [-0.1, -0.05) is 20.3 Å². The molecular formula is C13H21N3S. The summed E-state index contributed by atoms with van der Waals surface area (Å²) < 4.78 is 0. The Morgan fingerprint density at radius 2 is 2.06 bits per heavy atom. The lowest BCUT2D eigenvalue weighted by Gasteiger charge is -2.21. The van der Waals surface area contributed by atoms with E-state index in [-0.39, 0.29) is 0 Å². The quantitative estimate of drug-likeness (QED) is 0.874. The van der Waals surface area contributed by atoms with Crippen molar-refractivity contribution in [3.8, 4) is 0 Å². The van der Waals surface area contributed by atoms with Crippen LogP contribution in [0.3, 0.4) is 0 Å². The van der Waals surface area contributed by atoms with E-state index in [0.717, 1.165) is 17.1 Å². The van der Waals surface area contributed by atoms with Crippen molar-refractivity contribution in [1.82, 2.24) is 9.97 Å². The third-order valence-corrected chi connectivity index (χ3v) is 4.60. The Kier molecular flexibility index (Phi) is 3.92. The van der Waals surface area contributed by atoms with Crippen LogP contribution in [0.15, 0.2) is 0 Å². The van der Waals surface area contributed by atoms with Crippen LogP contribution >= 0.6 is 11.8 Å². The molecule has 1 aliphatic heterocycles. The lowest BCUT2D eigenvalue weighted by Crippen LogP contribution is -2.12. The Balaban J connectivity index is 2.31. The number of rotatable bonds is 2. The molecule has 94 valence electrons. The van der Waals surface area contributed by atoms with Crippen LogP contribution in [-0.2, 0) is 0 Å². The van der Waals surface area contributed by atoms with Crippen LogP contribution in [0.25, 0.3) is 0 Å². The molecule has 0 aliphatic carbocycles. The van der Waals surface area contributed by atoms with E-state index in [1.54, 1.807) is 0 Å². The molecular weight excluding hydrogens is 230 g/mol. The Morgan fingerprint density at radius 3 is 2.59 bits per heavy atom. The Labute approximate surface area is 108 Å². The van der Waals surface area contributed by atoms with Gasteiger partial charge in [-0.2, -0.15) is 11.8 Å². The molecule has 2 N–H and O–H groups in total. The summed E-state index contributed by atoms with van der Waals surface area (Å²) in [7, 11) is 0. The highest BCUT2D eigenvalue weighted by molar-refractivity contribution is 7.99. The number of anilines is 1. The Hall–Kier alpha value is -0.770. The molecule has 1 atom stereocenters. The predicted octanol–water partition coefficient (Wildman–Crippen LogP) is 3.45. The van der Waals surface area contributed by atoms with Gasteiger partial charge < -0.3 is 5.73 Å². The second-order valence-corrected chi connectivity index (χ2v) is 6.29. The van der Waals surface area contributed by atoms with Gasteiger partial charge in [-0.3, -0.25) is 0 Å².